The number of thiophene rings is 1. The van der Waals surface area contributed by atoms with Crippen molar-refractivity contribution in [1.29, 1.82) is 5.26 Å². The van der Waals surface area contributed by atoms with Crippen LogP contribution in [0.25, 0.3) is 0 Å². The molecular formula is C17H14N2O5S. The Bertz CT molecular complexity index is 897. The predicted octanol–water partition coefficient (Wildman–Crippen LogP) is 2.32. The van der Waals surface area contributed by atoms with Crippen LogP contribution in [0, 0.1) is 11.3 Å². The van der Waals surface area contributed by atoms with E-state index in [1.165, 1.54) is 23.5 Å². The summed E-state index contributed by atoms with van der Waals surface area (Å²) in [4.78, 5) is 25.0. The summed E-state index contributed by atoms with van der Waals surface area (Å²) in [6, 6.07) is 5.54. The first-order valence-corrected chi connectivity index (χ1v) is 8.35. The van der Waals surface area contributed by atoms with Crippen LogP contribution in [-0.2, 0) is 22.4 Å². The molecule has 0 fully saturated rings. The number of anilines is 1. The molecule has 2 aromatic rings. The number of hydrogen-bond donors (Lipinski definition) is 3. The molecule has 1 aliphatic carbocycles. The quantitative estimate of drug-likeness (QED) is 0.722. The topological polar surface area (TPSA) is 120 Å². The number of hydrogen-bond acceptors (Lipinski definition) is 7. The molecule has 25 heavy (non-hydrogen) atoms. The number of esters is 1. The lowest BCUT2D eigenvalue weighted by molar-refractivity contribution is -0.119. The smallest absolute Gasteiger partial charge is 0.342 e. The number of ether oxygens (including phenoxy) is 1. The molecule has 1 aromatic carbocycles. The number of carbonyl (C=O) groups excluding carboxylic acids is 2. The minimum Gasteiger partial charge on any atom is -0.508 e. The van der Waals surface area contributed by atoms with Crippen molar-refractivity contribution in [2.45, 2.75) is 19.3 Å². The highest BCUT2D eigenvalue weighted by molar-refractivity contribution is 7.16. The summed E-state index contributed by atoms with van der Waals surface area (Å²) in [5.74, 6) is -2.08. The van der Waals surface area contributed by atoms with Crippen LogP contribution in [0.15, 0.2) is 18.2 Å². The zero-order valence-electron chi connectivity index (χ0n) is 13.0. The van der Waals surface area contributed by atoms with Crippen molar-refractivity contribution in [1.82, 2.24) is 0 Å². The van der Waals surface area contributed by atoms with E-state index < -0.39 is 24.2 Å². The molecule has 1 aliphatic rings. The molecule has 3 rings (SSSR count). The van der Waals surface area contributed by atoms with Crippen molar-refractivity contribution in [3.05, 3.63) is 39.8 Å². The number of nitrogens with zero attached hydrogens (tertiary/aromatic N) is 1. The van der Waals surface area contributed by atoms with Gasteiger partial charge in [0.1, 0.15) is 28.1 Å². The van der Waals surface area contributed by atoms with Crippen LogP contribution in [-0.4, -0.2) is 28.7 Å². The lowest BCUT2D eigenvalue weighted by Gasteiger charge is -2.07. The largest absolute Gasteiger partial charge is 0.508 e. The molecule has 0 unspecified atom stereocenters. The number of fused-ring (bicyclic) bond motifs is 1. The molecule has 128 valence electrons. The maximum absolute atomic E-state index is 12.0. The van der Waals surface area contributed by atoms with Gasteiger partial charge in [0, 0.05) is 10.9 Å². The van der Waals surface area contributed by atoms with Crippen molar-refractivity contribution in [3.63, 3.8) is 0 Å². The Morgan fingerprint density at radius 3 is 2.84 bits per heavy atom. The number of nitriles is 1. The molecule has 1 amide bonds. The van der Waals surface area contributed by atoms with Gasteiger partial charge in [-0.25, -0.2) is 4.79 Å². The van der Waals surface area contributed by atoms with Crippen LogP contribution in [0.3, 0.4) is 0 Å². The monoisotopic (exact) mass is 358 g/mol. The second-order valence-electron chi connectivity index (χ2n) is 5.50. The molecule has 0 radical (unpaired) electrons. The second-order valence-corrected chi connectivity index (χ2v) is 6.60. The minimum absolute atomic E-state index is 0.154. The highest BCUT2D eigenvalue weighted by Crippen LogP contribution is 2.38. The molecule has 3 N–H and O–H groups in total. The molecule has 0 spiro atoms. The predicted molar refractivity (Wildman–Crippen MR) is 89.7 cm³/mol. The van der Waals surface area contributed by atoms with Crippen molar-refractivity contribution >= 4 is 28.2 Å². The van der Waals surface area contributed by atoms with E-state index in [1.807, 2.05) is 0 Å². The molecule has 7 nitrogen and oxygen atoms in total. The number of aromatic hydroxyl groups is 2. The Kier molecular flexibility index (Phi) is 4.59. The zero-order chi connectivity index (χ0) is 18.0. The SMILES string of the molecule is N#Cc1c(NC(=O)COC(=O)c2ccc(O)cc2O)sc2c1CCC2. The average molecular weight is 358 g/mol. The number of nitrogens with one attached hydrogen (secondary N) is 1. The third-order valence-electron chi connectivity index (χ3n) is 3.82. The van der Waals surface area contributed by atoms with Gasteiger partial charge in [-0.05, 0) is 37.0 Å². The van der Waals surface area contributed by atoms with Gasteiger partial charge < -0.3 is 20.3 Å². The first-order valence-electron chi connectivity index (χ1n) is 7.53. The molecule has 0 aliphatic heterocycles. The van der Waals surface area contributed by atoms with Crippen LogP contribution >= 0.6 is 11.3 Å². The summed E-state index contributed by atoms with van der Waals surface area (Å²) in [6.45, 7) is -0.549. The Balaban J connectivity index is 1.62. The summed E-state index contributed by atoms with van der Waals surface area (Å²) < 4.78 is 4.86. The first kappa shape index (κ1) is 16.8. The van der Waals surface area contributed by atoms with Crippen LogP contribution in [0.5, 0.6) is 11.5 Å². The number of aryl methyl sites for hydroxylation is 1. The number of benzene rings is 1. The molecule has 8 heteroatoms. The number of phenolic OH excluding ortho intramolecular Hbond substituents is 2. The second kappa shape index (κ2) is 6.83. The van der Waals surface area contributed by atoms with Gasteiger partial charge in [-0.15, -0.1) is 11.3 Å². The molecule has 0 saturated heterocycles. The number of carbonyl (C=O) groups is 2. The van der Waals surface area contributed by atoms with Crippen LogP contribution < -0.4 is 5.32 Å². The van der Waals surface area contributed by atoms with Crippen LogP contribution in [0.2, 0.25) is 0 Å². The molecule has 0 saturated carbocycles. The van der Waals surface area contributed by atoms with Gasteiger partial charge in [0.25, 0.3) is 5.91 Å². The van der Waals surface area contributed by atoms with E-state index in [-0.39, 0.29) is 11.3 Å². The van der Waals surface area contributed by atoms with Gasteiger partial charge in [-0.2, -0.15) is 5.26 Å². The van der Waals surface area contributed by atoms with E-state index in [0.29, 0.717) is 10.6 Å². The first-order chi connectivity index (χ1) is 12.0. The van der Waals surface area contributed by atoms with E-state index in [4.69, 9.17) is 4.74 Å². The summed E-state index contributed by atoms with van der Waals surface area (Å²) in [7, 11) is 0. The molecule has 1 heterocycles. The van der Waals surface area contributed by atoms with Gasteiger partial charge >= 0.3 is 5.97 Å². The van der Waals surface area contributed by atoms with E-state index in [9.17, 15) is 25.1 Å². The molecule has 0 atom stereocenters. The van der Waals surface area contributed by atoms with Gasteiger partial charge in [-0.1, -0.05) is 0 Å². The van der Waals surface area contributed by atoms with Gasteiger partial charge in [0.05, 0.1) is 5.56 Å². The van der Waals surface area contributed by atoms with E-state index >= 15 is 0 Å². The van der Waals surface area contributed by atoms with Crippen molar-refractivity contribution < 1.29 is 24.5 Å². The van der Waals surface area contributed by atoms with Gasteiger partial charge in [0.15, 0.2) is 6.61 Å². The summed E-state index contributed by atoms with van der Waals surface area (Å²) in [5, 5.41) is 31.1. The summed E-state index contributed by atoms with van der Waals surface area (Å²) >= 11 is 1.37. The fraction of sp³-hybridized carbons (Fsp3) is 0.235. The zero-order valence-corrected chi connectivity index (χ0v) is 13.9. The van der Waals surface area contributed by atoms with Gasteiger partial charge in [-0.3, -0.25) is 4.79 Å². The Morgan fingerprint density at radius 2 is 2.12 bits per heavy atom. The fourth-order valence-electron chi connectivity index (χ4n) is 2.67. The van der Waals surface area contributed by atoms with Crippen molar-refractivity contribution in [2.75, 3.05) is 11.9 Å². The Hall–Kier alpha value is -3.05. The van der Waals surface area contributed by atoms with E-state index in [1.54, 1.807) is 0 Å². The third-order valence-corrected chi connectivity index (χ3v) is 5.03. The van der Waals surface area contributed by atoms with Crippen molar-refractivity contribution in [2.24, 2.45) is 0 Å². The highest BCUT2D eigenvalue weighted by atomic mass is 32.1. The maximum Gasteiger partial charge on any atom is 0.342 e. The highest BCUT2D eigenvalue weighted by Gasteiger charge is 2.23. The van der Waals surface area contributed by atoms with Gasteiger partial charge in [0.2, 0.25) is 0 Å². The third kappa shape index (κ3) is 3.41. The average Bonchev–Trinajstić information content (AvgIpc) is 3.13. The molecule has 1 aromatic heterocycles. The Morgan fingerprint density at radius 1 is 1.32 bits per heavy atom. The number of phenols is 2. The molecule has 0 bridgehead atoms. The molecular weight excluding hydrogens is 344 g/mol. The fourth-order valence-corrected chi connectivity index (χ4v) is 3.93. The lowest BCUT2D eigenvalue weighted by atomic mass is 10.1. The van der Waals surface area contributed by atoms with Crippen LogP contribution in [0.1, 0.15) is 32.8 Å². The Labute approximate surface area is 147 Å². The van der Waals surface area contributed by atoms with Crippen LogP contribution in [0.4, 0.5) is 5.00 Å². The summed E-state index contributed by atoms with van der Waals surface area (Å²) in [6.07, 6.45) is 2.75. The summed E-state index contributed by atoms with van der Waals surface area (Å²) in [5.41, 5.74) is 1.32. The minimum atomic E-state index is -0.887. The number of amides is 1. The standard InChI is InChI=1S/C17H14N2O5S/c18-7-12-10-2-1-3-14(10)25-16(12)19-15(22)8-24-17(23)11-5-4-9(20)6-13(11)21/h4-6,20-21H,1-3,8H2,(H,19,22). The van der Waals surface area contributed by atoms with Crippen molar-refractivity contribution in [3.8, 4) is 17.6 Å². The van der Waals surface area contributed by atoms with E-state index in [0.717, 1.165) is 35.8 Å². The normalized spacial score (nSPS) is 12.3. The maximum atomic E-state index is 12.0. The lowest BCUT2D eigenvalue weighted by Crippen LogP contribution is -2.21. The van der Waals surface area contributed by atoms with E-state index in [2.05, 4.69) is 11.4 Å². The number of rotatable bonds is 4.